The number of amides is 2. The number of hydrogen-bond acceptors (Lipinski definition) is 8. The van der Waals surface area contributed by atoms with Gasteiger partial charge in [0.25, 0.3) is 0 Å². The van der Waals surface area contributed by atoms with Crippen molar-refractivity contribution in [3.8, 4) is 11.1 Å². The number of carbonyl (C=O) groups excluding carboxylic acids is 2. The highest BCUT2D eigenvalue weighted by Crippen LogP contribution is 2.39. The van der Waals surface area contributed by atoms with Crippen molar-refractivity contribution in [2.75, 3.05) is 13.6 Å². The van der Waals surface area contributed by atoms with Gasteiger partial charge in [-0.1, -0.05) is 110 Å². The standard InChI is InChI=1S/C42H51N3O7/c1-29(41(49)33-11-5-3-6-12-33)45(2)27-36-25-38(32-19-17-30(28-46)18-20-32)52-42(51-36)34-23-21-31(22-24-34)37-14-10-9-13-35(37)26-43-39(47)15-7-4-8-16-40(48)44-50/h3,5-6,9-14,17-24,29,36,38,41-42,46,49-50H,4,7-8,15-16,25-28H2,1-2H3,(H,43,47)(H,44,48). The second-order valence-electron chi connectivity index (χ2n) is 13.5. The first-order valence-corrected chi connectivity index (χ1v) is 18.1. The third-order valence-electron chi connectivity index (χ3n) is 9.82. The molecule has 4 aromatic carbocycles. The number of unbranched alkanes of at least 4 members (excludes halogenated alkanes) is 2. The normalized spacial score (nSPS) is 18.5. The molecule has 10 nitrogen and oxygen atoms in total. The molecule has 0 aliphatic carbocycles. The molecule has 5 unspecified atom stereocenters. The van der Waals surface area contributed by atoms with Crippen molar-refractivity contribution in [1.82, 2.24) is 15.7 Å². The Kier molecular flexibility index (Phi) is 14.5. The summed E-state index contributed by atoms with van der Waals surface area (Å²) in [6, 6.07) is 33.5. The number of ether oxygens (including phenoxy) is 2. The van der Waals surface area contributed by atoms with Gasteiger partial charge < -0.3 is 25.0 Å². The Morgan fingerprint density at radius 1 is 0.827 bits per heavy atom. The van der Waals surface area contributed by atoms with Gasteiger partial charge in [-0.05, 0) is 60.2 Å². The minimum atomic E-state index is -0.647. The molecule has 0 saturated carbocycles. The van der Waals surface area contributed by atoms with E-state index in [4.69, 9.17) is 14.7 Å². The predicted octanol–water partition coefficient (Wildman–Crippen LogP) is 6.52. The number of hydroxylamine groups is 1. The molecule has 0 spiro atoms. The Balaban J connectivity index is 1.25. The van der Waals surface area contributed by atoms with Crippen molar-refractivity contribution >= 4 is 11.8 Å². The number of carbonyl (C=O) groups is 2. The van der Waals surface area contributed by atoms with Gasteiger partial charge in [0.1, 0.15) is 0 Å². The van der Waals surface area contributed by atoms with Crippen LogP contribution in [0.1, 0.15) is 91.8 Å². The van der Waals surface area contributed by atoms with Crippen molar-refractivity contribution in [3.63, 3.8) is 0 Å². The lowest BCUT2D eigenvalue weighted by Gasteiger charge is -2.39. The van der Waals surface area contributed by atoms with Crippen LogP contribution in [0, 0.1) is 0 Å². The van der Waals surface area contributed by atoms with Crippen LogP contribution >= 0.6 is 0 Å². The first-order valence-electron chi connectivity index (χ1n) is 18.1. The van der Waals surface area contributed by atoms with Gasteiger partial charge in [0, 0.05) is 44.0 Å². The molecule has 0 aromatic heterocycles. The van der Waals surface area contributed by atoms with Crippen molar-refractivity contribution in [2.24, 2.45) is 0 Å². The largest absolute Gasteiger partial charge is 0.392 e. The van der Waals surface area contributed by atoms with E-state index < -0.39 is 18.3 Å². The number of aliphatic hydroxyl groups is 2. The van der Waals surface area contributed by atoms with E-state index in [9.17, 15) is 19.8 Å². The highest BCUT2D eigenvalue weighted by atomic mass is 16.7. The van der Waals surface area contributed by atoms with Crippen LogP contribution in [-0.4, -0.2) is 57.9 Å². The predicted molar refractivity (Wildman–Crippen MR) is 199 cm³/mol. The summed E-state index contributed by atoms with van der Waals surface area (Å²) in [5, 5.41) is 32.3. The van der Waals surface area contributed by atoms with Crippen LogP contribution in [0.5, 0.6) is 0 Å². The summed E-state index contributed by atoms with van der Waals surface area (Å²) in [4.78, 5) is 25.8. The van der Waals surface area contributed by atoms with E-state index in [0.717, 1.165) is 45.4 Å². The van der Waals surface area contributed by atoms with Gasteiger partial charge in [-0.3, -0.25) is 19.7 Å². The van der Waals surface area contributed by atoms with Crippen LogP contribution in [0.4, 0.5) is 0 Å². The summed E-state index contributed by atoms with van der Waals surface area (Å²) in [6.07, 6.45) is 1.56. The first kappa shape index (κ1) is 38.8. The Hall–Kier alpha value is -4.42. The lowest BCUT2D eigenvalue weighted by molar-refractivity contribution is -0.253. The van der Waals surface area contributed by atoms with E-state index in [0.29, 0.717) is 38.8 Å². The Labute approximate surface area is 306 Å². The van der Waals surface area contributed by atoms with Gasteiger partial charge in [0.2, 0.25) is 11.8 Å². The number of benzene rings is 4. The number of aliphatic hydroxyl groups excluding tert-OH is 2. The van der Waals surface area contributed by atoms with E-state index >= 15 is 0 Å². The summed E-state index contributed by atoms with van der Waals surface area (Å²) in [5.41, 5.74) is 8.24. The SMILES string of the molecule is CC(C(O)c1ccccc1)N(C)CC1CC(c2ccc(CO)cc2)OC(c2ccc(-c3ccccc3CNC(=O)CCCCCC(=O)NO)cc2)O1. The number of hydrogen-bond donors (Lipinski definition) is 5. The van der Waals surface area contributed by atoms with Crippen LogP contribution in [0.15, 0.2) is 103 Å². The lowest BCUT2D eigenvalue weighted by Crippen LogP contribution is -2.43. The quantitative estimate of drug-likeness (QED) is 0.0475. The van der Waals surface area contributed by atoms with Crippen LogP contribution in [0.2, 0.25) is 0 Å². The summed E-state index contributed by atoms with van der Waals surface area (Å²) in [5.74, 6) is -0.464. The van der Waals surface area contributed by atoms with Gasteiger partial charge in [-0.2, -0.15) is 0 Å². The molecule has 5 atom stereocenters. The molecule has 1 aliphatic heterocycles. The zero-order valence-corrected chi connectivity index (χ0v) is 30.0. The fraction of sp³-hybridized carbons (Fsp3) is 0.381. The van der Waals surface area contributed by atoms with Crippen molar-refractivity contribution in [3.05, 3.63) is 131 Å². The molecule has 2 amide bonds. The van der Waals surface area contributed by atoms with Gasteiger partial charge >= 0.3 is 0 Å². The molecule has 1 aliphatic rings. The monoisotopic (exact) mass is 709 g/mol. The molecule has 276 valence electrons. The van der Waals surface area contributed by atoms with Crippen molar-refractivity contribution in [2.45, 2.75) is 89.2 Å². The number of nitrogens with one attached hydrogen (secondary N) is 2. The first-order chi connectivity index (χ1) is 25.2. The van der Waals surface area contributed by atoms with Crippen LogP contribution < -0.4 is 10.8 Å². The molecular weight excluding hydrogens is 658 g/mol. The minimum Gasteiger partial charge on any atom is -0.392 e. The topological polar surface area (TPSA) is 141 Å². The zero-order valence-electron chi connectivity index (χ0n) is 30.0. The van der Waals surface area contributed by atoms with E-state index in [1.54, 1.807) is 5.48 Å². The maximum absolute atomic E-state index is 12.5. The Morgan fingerprint density at radius 3 is 2.17 bits per heavy atom. The zero-order chi connectivity index (χ0) is 36.9. The third-order valence-corrected chi connectivity index (χ3v) is 9.82. The Bertz CT molecular complexity index is 1700. The smallest absolute Gasteiger partial charge is 0.243 e. The third kappa shape index (κ3) is 10.8. The average Bonchev–Trinajstić information content (AvgIpc) is 3.19. The molecule has 5 N–H and O–H groups in total. The maximum Gasteiger partial charge on any atom is 0.243 e. The lowest BCUT2D eigenvalue weighted by atomic mass is 9.97. The molecule has 10 heteroatoms. The van der Waals surface area contributed by atoms with E-state index in [1.165, 1.54) is 0 Å². The van der Waals surface area contributed by atoms with Crippen molar-refractivity contribution < 1.29 is 34.5 Å². The van der Waals surface area contributed by atoms with Gasteiger partial charge in [0.05, 0.1) is 24.9 Å². The van der Waals surface area contributed by atoms with Gasteiger partial charge in [0.15, 0.2) is 6.29 Å². The highest BCUT2D eigenvalue weighted by molar-refractivity contribution is 5.76. The molecule has 1 fully saturated rings. The fourth-order valence-electron chi connectivity index (χ4n) is 6.55. The van der Waals surface area contributed by atoms with Crippen LogP contribution in [0.25, 0.3) is 11.1 Å². The Morgan fingerprint density at radius 2 is 1.48 bits per heavy atom. The molecule has 4 aromatic rings. The molecule has 5 rings (SSSR count). The van der Waals surface area contributed by atoms with E-state index in [-0.39, 0.29) is 37.2 Å². The number of likely N-dealkylation sites (N-methyl/N-ethyl adjacent to an activating group) is 1. The number of nitrogens with zero attached hydrogens (tertiary/aromatic N) is 1. The van der Waals surface area contributed by atoms with Crippen LogP contribution in [0.3, 0.4) is 0 Å². The molecule has 1 heterocycles. The second kappa shape index (κ2) is 19.4. The maximum atomic E-state index is 12.5. The average molecular weight is 710 g/mol. The molecule has 52 heavy (non-hydrogen) atoms. The highest BCUT2D eigenvalue weighted by Gasteiger charge is 2.34. The summed E-state index contributed by atoms with van der Waals surface area (Å²) in [6.45, 7) is 2.98. The van der Waals surface area contributed by atoms with E-state index in [1.807, 2.05) is 117 Å². The summed E-state index contributed by atoms with van der Waals surface area (Å²) >= 11 is 0. The van der Waals surface area contributed by atoms with Gasteiger partial charge in [-0.15, -0.1) is 0 Å². The number of rotatable bonds is 17. The van der Waals surface area contributed by atoms with Crippen molar-refractivity contribution in [1.29, 1.82) is 0 Å². The van der Waals surface area contributed by atoms with Gasteiger partial charge in [-0.25, -0.2) is 5.48 Å². The summed E-state index contributed by atoms with van der Waals surface area (Å²) in [7, 11) is 2.01. The fourth-order valence-corrected chi connectivity index (χ4v) is 6.55. The summed E-state index contributed by atoms with van der Waals surface area (Å²) < 4.78 is 13.2. The molecule has 0 bridgehead atoms. The molecule has 0 radical (unpaired) electrons. The van der Waals surface area contributed by atoms with Crippen LogP contribution in [-0.2, 0) is 32.2 Å². The van der Waals surface area contributed by atoms with E-state index in [2.05, 4.69) is 10.2 Å². The molecular formula is C42H51N3O7. The minimum absolute atomic E-state index is 0.0243. The molecule has 1 saturated heterocycles. The second-order valence-corrected chi connectivity index (χ2v) is 13.5.